The average Bonchev–Trinajstić information content (AvgIpc) is 3.35. The van der Waals surface area contributed by atoms with Gasteiger partial charge in [-0.3, -0.25) is 9.10 Å². The number of fused-ring (bicyclic) bond motifs is 1. The maximum absolute atomic E-state index is 13.6. The number of carbonyl (C=O) groups excluding carboxylic acids is 1. The standard InChI is InChI=1S/C27H30N2O5S/c1-19(21-13-12-20-8-7-9-22(20)16-21)28-27(30)18-29(35(31,32)24-10-5-4-6-11-24)23-14-15-25(33-2)26(17-23)34-3/h4-6,10-17,19H,7-9,18H2,1-3H3,(H,28,30)/t19-/m1/s1. The molecule has 8 heteroatoms. The number of nitrogens with one attached hydrogen (secondary N) is 1. The molecule has 0 bridgehead atoms. The van der Waals surface area contributed by atoms with Gasteiger partial charge in [0.15, 0.2) is 11.5 Å². The van der Waals surface area contributed by atoms with Crippen molar-refractivity contribution in [3.63, 3.8) is 0 Å². The van der Waals surface area contributed by atoms with Gasteiger partial charge in [0, 0.05) is 6.07 Å². The van der Waals surface area contributed by atoms with Gasteiger partial charge < -0.3 is 14.8 Å². The van der Waals surface area contributed by atoms with Crippen LogP contribution in [0.25, 0.3) is 0 Å². The van der Waals surface area contributed by atoms with Gasteiger partial charge in [-0.2, -0.15) is 0 Å². The van der Waals surface area contributed by atoms with Crippen LogP contribution in [-0.4, -0.2) is 35.1 Å². The van der Waals surface area contributed by atoms with Gasteiger partial charge in [-0.25, -0.2) is 8.42 Å². The third-order valence-corrected chi connectivity index (χ3v) is 8.06. The quantitative estimate of drug-likeness (QED) is 0.480. The largest absolute Gasteiger partial charge is 0.493 e. The van der Waals surface area contributed by atoms with E-state index in [1.54, 1.807) is 36.4 Å². The molecule has 1 N–H and O–H groups in total. The monoisotopic (exact) mass is 494 g/mol. The van der Waals surface area contributed by atoms with Crippen LogP contribution in [0.3, 0.4) is 0 Å². The second-order valence-electron chi connectivity index (χ2n) is 8.53. The Morgan fingerprint density at radius 2 is 1.66 bits per heavy atom. The summed E-state index contributed by atoms with van der Waals surface area (Å²) in [5.41, 5.74) is 3.98. The summed E-state index contributed by atoms with van der Waals surface area (Å²) in [5.74, 6) is 0.417. The van der Waals surface area contributed by atoms with Crippen LogP contribution in [0.5, 0.6) is 11.5 Å². The number of sulfonamides is 1. The first-order valence-corrected chi connectivity index (χ1v) is 13.0. The molecule has 0 unspecified atom stereocenters. The second-order valence-corrected chi connectivity index (χ2v) is 10.4. The molecular formula is C27H30N2O5S. The number of amides is 1. The zero-order valence-corrected chi connectivity index (χ0v) is 21.0. The van der Waals surface area contributed by atoms with Gasteiger partial charge in [0.2, 0.25) is 5.91 Å². The number of rotatable bonds is 9. The zero-order chi connectivity index (χ0) is 25.0. The van der Waals surface area contributed by atoms with Gasteiger partial charge in [0.1, 0.15) is 6.54 Å². The lowest BCUT2D eigenvalue weighted by Crippen LogP contribution is -2.41. The summed E-state index contributed by atoms with van der Waals surface area (Å²) in [6.07, 6.45) is 3.29. The van der Waals surface area contributed by atoms with E-state index in [-0.39, 0.29) is 17.5 Å². The van der Waals surface area contributed by atoms with E-state index in [4.69, 9.17) is 9.47 Å². The van der Waals surface area contributed by atoms with Crippen LogP contribution in [0.2, 0.25) is 0 Å². The number of anilines is 1. The van der Waals surface area contributed by atoms with Crippen LogP contribution in [0.15, 0.2) is 71.6 Å². The van der Waals surface area contributed by atoms with Crippen LogP contribution < -0.4 is 19.1 Å². The fourth-order valence-electron chi connectivity index (χ4n) is 4.38. The smallest absolute Gasteiger partial charge is 0.264 e. The highest BCUT2D eigenvalue weighted by Crippen LogP contribution is 2.34. The van der Waals surface area contributed by atoms with Crippen molar-refractivity contribution >= 4 is 21.6 Å². The minimum Gasteiger partial charge on any atom is -0.493 e. The maximum Gasteiger partial charge on any atom is 0.264 e. The molecule has 1 amide bonds. The molecule has 4 rings (SSSR count). The number of nitrogens with zero attached hydrogens (tertiary/aromatic N) is 1. The first-order chi connectivity index (χ1) is 16.8. The Hall–Kier alpha value is -3.52. The molecule has 3 aromatic carbocycles. The second kappa shape index (κ2) is 10.4. The molecular weight excluding hydrogens is 464 g/mol. The van der Waals surface area contributed by atoms with Crippen molar-refractivity contribution in [1.82, 2.24) is 5.32 Å². The molecule has 1 aliphatic carbocycles. The summed E-state index contributed by atoms with van der Waals surface area (Å²) < 4.78 is 38.9. The van der Waals surface area contributed by atoms with E-state index < -0.39 is 15.9 Å². The topological polar surface area (TPSA) is 84.9 Å². The van der Waals surface area contributed by atoms with Crippen molar-refractivity contribution in [2.75, 3.05) is 25.1 Å². The fraction of sp³-hybridized carbons (Fsp3) is 0.296. The predicted octanol–water partition coefficient (Wildman–Crippen LogP) is 4.27. The Labute approximate surface area is 206 Å². The molecule has 1 atom stereocenters. The van der Waals surface area contributed by atoms with E-state index in [9.17, 15) is 13.2 Å². The molecule has 184 valence electrons. The molecule has 0 saturated carbocycles. The van der Waals surface area contributed by atoms with E-state index in [2.05, 4.69) is 17.4 Å². The van der Waals surface area contributed by atoms with Gasteiger partial charge in [-0.1, -0.05) is 36.4 Å². The van der Waals surface area contributed by atoms with Gasteiger partial charge >= 0.3 is 0 Å². The van der Waals surface area contributed by atoms with E-state index in [1.165, 1.54) is 37.5 Å². The molecule has 0 spiro atoms. The van der Waals surface area contributed by atoms with Crippen molar-refractivity contribution < 1.29 is 22.7 Å². The molecule has 1 aliphatic rings. The van der Waals surface area contributed by atoms with E-state index in [0.29, 0.717) is 17.2 Å². The summed E-state index contributed by atoms with van der Waals surface area (Å²) in [4.78, 5) is 13.2. The number of ether oxygens (including phenoxy) is 2. The lowest BCUT2D eigenvalue weighted by atomic mass is 10.0. The SMILES string of the molecule is COc1ccc(N(CC(=O)N[C@H](C)c2ccc3c(c2)CCC3)S(=O)(=O)c2ccccc2)cc1OC. The molecule has 0 radical (unpaired) electrons. The molecule has 35 heavy (non-hydrogen) atoms. The first-order valence-electron chi connectivity index (χ1n) is 11.5. The first kappa shape index (κ1) is 24.6. The zero-order valence-electron chi connectivity index (χ0n) is 20.2. The van der Waals surface area contributed by atoms with Crippen molar-refractivity contribution in [3.8, 4) is 11.5 Å². The fourth-order valence-corrected chi connectivity index (χ4v) is 5.81. The number of carbonyl (C=O) groups is 1. The van der Waals surface area contributed by atoms with Crippen LogP contribution in [0.1, 0.15) is 36.1 Å². The third kappa shape index (κ3) is 5.27. The summed E-state index contributed by atoms with van der Waals surface area (Å²) in [7, 11) is -1.05. The number of methoxy groups -OCH3 is 2. The van der Waals surface area contributed by atoms with Crippen LogP contribution >= 0.6 is 0 Å². The molecule has 0 heterocycles. The van der Waals surface area contributed by atoms with Crippen LogP contribution in [0.4, 0.5) is 5.69 Å². The molecule has 3 aromatic rings. The van der Waals surface area contributed by atoms with Gasteiger partial charge in [0.25, 0.3) is 10.0 Å². The number of aryl methyl sites for hydroxylation is 2. The van der Waals surface area contributed by atoms with Crippen molar-refractivity contribution in [3.05, 3.63) is 83.4 Å². The summed E-state index contributed by atoms with van der Waals surface area (Å²) in [5, 5.41) is 2.96. The van der Waals surface area contributed by atoms with Gasteiger partial charge in [-0.15, -0.1) is 0 Å². The Kier molecular flexibility index (Phi) is 7.31. The highest BCUT2D eigenvalue weighted by molar-refractivity contribution is 7.92. The highest BCUT2D eigenvalue weighted by Gasteiger charge is 2.28. The number of hydrogen-bond acceptors (Lipinski definition) is 5. The minimum atomic E-state index is -4.03. The Morgan fingerprint density at radius 1 is 0.943 bits per heavy atom. The Bertz CT molecular complexity index is 1310. The summed E-state index contributed by atoms with van der Waals surface area (Å²) in [6, 6.07) is 18.8. The number of hydrogen-bond donors (Lipinski definition) is 1. The van der Waals surface area contributed by atoms with Gasteiger partial charge in [-0.05, 0) is 67.1 Å². The Morgan fingerprint density at radius 3 is 2.37 bits per heavy atom. The maximum atomic E-state index is 13.6. The molecule has 0 aliphatic heterocycles. The van der Waals surface area contributed by atoms with E-state index >= 15 is 0 Å². The minimum absolute atomic E-state index is 0.0919. The summed E-state index contributed by atoms with van der Waals surface area (Å²) >= 11 is 0. The summed E-state index contributed by atoms with van der Waals surface area (Å²) in [6.45, 7) is 1.52. The lowest BCUT2D eigenvalue weighted by Gasteiger charge is -2.26. The van der Waals surface area contributed by atoms with E-state index in [1.807, 2.05) is 13.0 Å². The third-order valence-electron chi connectivity index (χ3n) is 6.27. The van der Waals surface area contributed by atoms with Crippen molar-refractivity contribution in [2.24, 2.45) is 0 Å². The molecule has 0 aromatic heterocycles. The lowest BCUT2D eigenvalue weighted by molar-refractivity contribution is -0.120. The van der Waals surface area contributed by atoms with Crippen molar-refractivity contribution in [2.45, 2.75) is 37.1 Å². The molecule has 7 nitrogen and oxygen atoms in total. The number of benzene rings is 3. The average molecular weight is 495 g/mol. The van der Waals surface area contributed by atoms with Gasteiger partial charge in [0.05, 0.1) is 30.8 Å². The van der Waals surface area contributed by atoms with Crippen LogP contribution in [-0.2, 0) is 27.7 Å². The predicted molar refractivity (Wildman–Crippen MR) is 136 cm³/mol. The molecule has 0 fully saturated rings. The molecule has 0 saturated heterocycles. The Balaban J connectivity index is 1.62. The van der Waals surface area contributed by atoms with E-state index in [0.717, 1.165) is 29.1 Å². The van der Waals surface area contributed by atoms with Crippen molar-refractivity contribution in [1.29, 1.82) is 0 Å². The normalized spacial score (nSPS) is 13.6. The highest BCUT2D eigenvalue weighted by atomic mass is 32.2. The van der Waals surface area contributed by atoms with Crippen LogP contribution in [0, 0.1) is 0 Å².